The van der Waals surface area contributed by atoms with Crippen LogP contribution in [0.25, 0.3) is 22.0 Å². The minimum atomic E-state index is -0.489. The topological polar surface area (TPSA) is 92.8 Å². The Hall–Kier alpha value is -4.69. The fraction of sp³-hybridized carbons (Fsp3) is 0.0333. The Morgan fingerprint density at radius 1 is 0.895 bits per heavy atom. The van der Waals surface area contributed by atoms with Crippen LogP contribution in [-0.4, -0.2) is 30.2 Å². The molecule has 5 rings (SSSR count). The Morgan fingerprint density at radius 2 is 1.63 bits per heavy atom. The molecule has 0 spiro atoms. The third-order valence-electron chi connectivity index (χ3n) is 5.83. The molecule has 1 heterocycles. The van der Waals surface area contributed by atoms with Gasteiger partial charge in [0.05, 0.1) is 18.9 Å². The number of benzene rings is 4. The fourth-order valence-corrected chi connectivity index (χ4v) is 4.40. The molecule has 38 heavy (non-hydrogen) atoms. The van der Waals surface area contributed by atoms with Crippen molar-refractivity contribution in [2.24, 2.45) is 5.10 Å². The Labute approximate surface area is 227 Å². The van der Waals surface area contributed by atoms with Crippen molar-refractivity contribution in [3.8, 4) is 22.6 Å². The van der Waals surface area contributed by atoms with E-state index in [4.69, 9.17) is 9.47 Å². The van der Waals surface area contributed by atoms with Crippen LogP contribution in [0.3, 0.4) is 0 Å². The van der Waals surface area contributed by atoms with Crippen molar-refractivity contribution >= 4 is 44.9 Å². The summed E-state index contributed by atoms with van der Waals surface area (Å²) in [6.07, 6.45) is 1.49. The average Bonchev–Trinajstić information content (AvgIpc) is 3.33. The van der Waals surface area contributed by atoms with Gasteiger partial charge in [0.15, 0.2) is 11.5 Å². The number of H-pyrrole nitrogens is 1. The highest BCUT2D eigenvalue weighted by atomic mass is 79.9. The summed E-state index contributed by atoms with van der Waals surface area (Å²) >= 11 is 3.52. The van der Waals surface area contributed by atoms with Crippen molar-refractivity contribution in [3.63, 3.8) is 0 Å². The fourth-order valence-electron chi connectivity index (χ4n) is 4.04. The summed E-state index contributed by atoms with van der Waals surface area (Å²) in [6.45, 7) is 0. The maximum Gasteiger partial charge on any atom is 0.343 e. The van der Waals surface area contributed by atoms with Crippen molar-refractivity contribution in [3.05, 3.63) is 118 Å². The van der Waals surface area contributed by atoms with Gasteiger partial charge in [-0.15, -0.1) is 0 Å². The molecule has 0 radical (unpaired) electrons. The summed E-state index contributed by atoms with van der Waals surface area (Å²) < 4.78 is 11.8. The molecule has 0 bridgehead atoms. The van der Waals surface area contributed by atoms with Crippen LogP contribution in [0.4, 0.5) is 0 Å². The number of fused-ring (bicyclic) bond motifs is 1. The van der Waals surface area contributed by atoms with Crippen LogP contribution in [-0.2, 0) is 0 Å². The molecule has 5 aromatic rings. The summed E-state index contributed by atoms with van der Waals surface area (Å²) in [7, 11) is 1.48. The lowest BCUT2D eigenvalue weighted by molar-refractivity contribution is 0.0729. The number of hydrogen-bond acceptors (Lipinski definition) is 5. The van der Waals surface area contributed by atoms with Gasteiger partial charge in [-0.25, -0.2) is 10.2 Å². The quantitative estimate of drug-likeness (QED) is 0.100. The van der Waals surface area contributed by atoms with Crippen LogP contribution in [0.15, 0.2) is 107 Å². The molecule has 0 aliphatic rings. The lowest BCUT2D eigenvalue weighted by Gasteiger charge is -2.10. The highest BCUT2D eigenvalue weighted by Gasteiger charge is 2.19. The minimum absolute atomic E-state index is 0.277. The molecule has 0 fully saturated rings. The second-order valence-electron chi connectivity index (χ2n) is 8.30. The van der Waals surface area contributed by atoms with Gasteiger partial charge in [-0.2, -0.15) is 5.10 Å². The van der Waals surface area contributed by atoms with Crippen molar-refractivity contribution in [1.29, 1.82) is 0 Å². The van der Waals surface area contributed by atoms with Crippen LogP contribution in [0.1, 0.15) is 26.4 Å². The Morgan fingerprint density at radius 3 is 2.37 bits per heavy atom. The van der Waals surface area contributed by atoms with Crippen molar-refractivity contribution in [1.82, 2.24) is 10.4 Å². The van der Waals surface area contributed by atoms with Crippen LogP contribution < -0.4 is 14.9 Å². The van der Waals surface area contributed by atoms with Gasteiger partial charge in [0.1, 0.15) is 5.69 Å². The number of hydrazone groups is 1. The number of esters is 1. The monoisotopic (exact) mass is 567 g/mol. The molecule has 7 nitrogen and oxygen atoms in total. The molecule has 0 aliphatic heterocycles. The number of ether oxygens (including phenoxy) is 2. The number of aromatic amines is 1. The number of nitrogens with zero attached hydrogens (tertiary/aromatic N) is 1. The van der Waals surface area contributed by atoms with Crippen molar-refractivity contribution in [2.45, 2.75) is 0 Å². The summed E-state index contributed by atoms with van der Waals surface area (Å²) in [5.41, 5.74) is 6.63. The molecule has 0 unspecified atom stereocenters. The molecule has 0 atom stereocenters. The predicted octanol–water partition coefficient (Wildman–Crippen LogP) is 6.59. The summed E-state index contributed by atoms with van der Waals surface area (Å²) in [5, 5.41) is 5.06. The number of carbonyl (C=O) groups is 2. The zero-order valence-corrected chi connectivity index (χ0v) is 21.9. The highest BCUT2D eigenvalue weighted by Crippen LogP contribution is 2.34. The molecule has 1 amide bonds. The average molecular weight is 568 g/mol. The van der Waals surface area contributed by atoms with Gasteiger partial charge in [0.25, 0.3) is 5.91 Å². The number of rotatable bonds is 7. The van der Waals surface area contributed by atoms with E-state index in [1.807, 2.05) is 54.6 Å². The third-order valence-corrected chi connectivity index (χ3v) is 6.32. The zero-order chi connectivity index (χ0) is 26.5. The molecular weight excluding hydrogens is 546 g/mol. The van der Waals surface area contributed by atoms with Gasteiger partial charge in [-0.1, -0.05) is 64.5 Å². The lowest BCUT2D eigenvalue weighted by atomic mass is 10.0. The number of carbonyl (C=O) groups excluding carboxylic acids is 2. The summed E-state index contributed by atoms with van der Waals surface area (Å²) in [4.78, 5) is 28.8. The molecule has 1 aromatic heterocycles. The molecule has 8 heteroatoms. The van der Waals surface area contributed by atoms with E-state index in [1.165, 1.54) is 13.3 Å². The Kier molecular flexibility index (Phi) is 7.33. The van der Waals surface area contributed by atoms with E-state index in [9.17, 15) is 9.59 Å². The molecule has 188 valence electrons. The van der Waals surface area contributed by atoms with E-state index in [1.54, 1.807) is 42.5 Å². The maximum atomic E-state index is 13.2. The first kappa shape index (κ1) is 25.0. The molecule has 0 saturated carbocycles. The van der Waals surface area contributed by atoms with E-state index >= 15 is 0 Å². The second kappa shape index (κ2) is 11.1. The molecule has 4 aromatic carbocycles. The van der Waals surface area contributed by atoms with Crippen molar-refractivity contribution < 1.29 is 19.1 Å². The van der Waals surface area contributed by atoms with Gasteiger partial charge in [0, 0.05) is 20.9 Å². The number of nitrogens with one attached hydrogen (secondary N) is 2. The number of amides is 1. The third kappa shape index (κ3) is 5.35. The first-order chi connectivity index (χ1) is 18.5. The number of methoxy groups -OCH3 is 1. The molecular formula is C30H22BrN3O4. The van der Waals surface area contributed by atoms with Crippen molar-refractivity contribution in [2.75, 3.05) is 7.11 Å². The normalized spacial score (nSPS) is 11.0. The number of aromatic nitrogens is 1. The zero-order valence-electron chi connectivity index (χ0n) is 20.3. The van der Waals surface area contributed by atoms with Gasteiger partial charge in [0.2, 0.25) is 0 Å². The van der Waals surface area contributed by atoms with Gasteiger partial charge >= 0.3 is 5.97 Å². The Balaban J connectivity index is 1.35. The van der Waals surface area contributed by atoms with Gasteiger partial charge < -0.3 is 14.5 Å². The molecule has 0 aliphatic carbocycles. The van der Waals surface area contributed by atoms with E-state index in [-0.39, 0.29) is 11.7 Å². The van der Waals surface area contributed by atoms with E-state index in [2.05, 4.69) is 31.4 Å². The largest absolute Gasteiger partial charge is 0.493 e. The standard InChI is InChI=1S/C30H22BrN3O4/c1-37-26-16-19(12-15-25(26)38-30(36)21-10-6-3-7-11-21)18-32-34-29(35)28-27(20-8-4-2-5-9-20)23-17-22(31)13-14-24(23)33-28/h2-18,33H,1H3,(H,34,35). The first-order valence-electron chi connectivity index (χ1n) is 11.7. The molecule has 2 N–H and O–H groups in total. The highest BCUT2D eigenvalue weighted by molar-refractivity contribution is 9.10. The van der Waals surface area contributed by atoms with Crippen LogP contribution in [0.5, 0.6) is 11.5 Å². The number of hydrogen-bond donors (Lipinski definition) is 2. The second-order valence-corrected chi connectivity index (χ2v) is 9.21. The predicted molar refractivity (Wildman–Crippen MR) is 151 cm³/mol. The SMILES string of the molecule is COc1cc(C=NNC(=O)c2[nH]c3ccc(Br)cc3c2-c2ccccc2)ccc1OC(=O)c1ccccc1. The number of halogens is 1. The van der Waals surface area contributed by atoms with Crippen LogP contribution >= 0.6 is 15.9 Å². The van der Waals surface area contributed by atoms with E-state index in [0.717, 1.165) is 26.5 Å². The first-order valence-corrected chi connectivity index (χ1v) is 12.5. The Bertz CT molecular complexity index is 1650. The van der Waals surface area contributed by atoms with Crippen LogP contribution in [0.2, 0.25) is 0 Å². The summed E-state index contributed by atoms with van der Waals surface area (Å²) in [6, 6.07) is 29.2. The smallest absolute Gasteiger partial charge is 0.343 e. The van der Waals surface area contributed by atoms with E-state index < -0.39 is 5.97 Å². The van der Waals surface area contributed by atoms with Gasteiger partial charge in [-0.3, -0.25) is 4.79 Å². The molecule has 0 saturated heterocycles. The summed E-state index contributed by atoms with van der Waals surface area (Å²) in [5.74, 6) is -0.235. The van der Waals surface area contributed by atoms with Gasteiger partial charge in [-0.05, 0) is 59.7 Å². The van der Waals surface area contributed by atoms with E-state index in [0.29, 0.717) is 22.6 Å². The van der Waals surface area contributed by atoms with Crippen LogP contribution in [0, 0.1) is 0 Å². The lowest BCUT2D eigenvalue weighted by Crippen LogP contribution is -2.18. The minimum Gasteiger partial charge on any atom is -0.493 e. The maximum absolute atomic E-state index is 13.2.